The zero-order chi connectivity index (χ0) is 11.1. The zero-order valence-corrected chi connectivity index (χ0v) is 10.6. The monoisotopic (exact) mass is 290 g/mol. The minimum atomic E-state index is -3.30. The second-order valence-electron chi connectivity index (χ2n) is 3.40. The van der Waals surface area contributed by atoms with Gasteiger partial charge < -0.3 is 0 Å². The maximum atomic E-state index is 11.6. The van der Waals surface area contributed by atoms with Crippen molar-refractivity contribution in [3.05, 3.63) is 28.2 Å². The van der Waals surface area contributed by atoms with Gasteiger partial charge in [-0.1, -0.05) is 15.9 Å². The molecule has 1 aromatic rings. The van der Waals surface area contributed by atoms with Crippen molar-refractivity contribution >= 4 is 31.8 Å². The minimum Gasteiger partial charge on any atom is -0.257 e. The van der Waals surface area contributed by atoms with Gasteiger partial charge in [0.1, 0.15) is 0 Å². The Morgan fingerprint density at radius 1 is 1.47 bits per heavy atom. The Kier molecular flexibility index (Phi) is 2.74. The summed E-state index contributed by atoms with van der Waals surface area (Å²) in [4.78, 5) is 0. The van der Waals surface area contributed by atoms with Crippen LogP contribution in [0.1, 0.15) is 5.56 Å². The van der Waals surface area contributed by atoms with Gasteiger partial charge in [-0.15, -0.1) is 0 Å². The van der Waals surface area contributed by atoms with Crippen LogP contribution in [0, 0.1) is 6.92 Å². The van der Waals surface area contributed by atoms with E-state index in [0.717, 1.165) is 10.0 Å². The summed E-state index contributed by atoms with van der Waals surface area (Å²) < 4.78 is 28.0. The summed E-state index contributed by atoms with van der Waals surface area (Å²) in [7, 11) is -3.30. The highest BCUT2D eigenvalue weighted by Gasteiger charge is 2.27. The lowest BCUT2D eigenvalue weighted by molar-refractivity contribution is 0.591. The van der Waals surface area contributed by atoms with Crippen molar-refractivity contribution < 1.29 is 8.42 Å². The van der Waals surface area contributed by atoms with Crippen LogP contribution in [0.3, 0.4) is 0 Å². The largest absolute Gasteiger partial charge is 0.301 e. The van der Waals surface area contributed by atoms with Gasteiger partial charge in [0.2, 0.25) is 0 Å². The van der Waals surface area contributed by atoms with Gasteiger partial charge in [-0.25, -0.2) is 0 Å². The fourth-order valence-electron chi connectivity index (χ4n) is 1.53. The Hall–Kier alpha value is -0.590. The summed E-state index contributed by atoms with van der Waals surface area (Å²) in [6, 6.07) is 5.51. The molecule has 0 amide bonds. The molecule has 0 radical (unpaired) electrons. The predicted octanol–water partition coefficient (Wildman–Crippen LogP) is 1.41. The molecule has 0 spiro atoms. The van der Waals surface area contributed by atoms with Crippen molar-refractivity contribution in [1.82, 2.24) is 4.72 Å². The molecule has 1 aliphatic heterocycles. The summed E-state index contributed by atoms with van der Waals surface area (Å²) >= 11 is 3.38. The molecule has 0 aromatic heterocycles. The Balaban J connectivity index is 2.42. The smallest absolute Gasteiger partial charge is 0.257 e. The maximum Gasteiger partial charge on any atom is 0.301 e. The molecule has 0 saturated carbocycles. The number of halogens is 1. The number of hydrogen-bond donors (Lipinski definition) is 1. The highest BCUT2D eigenvalue weighted by Crippen LogP contribution is 2.25. The van der Waals surface area contributed by atoms with E-state index in [9.17, 15) is 8.42 Å². The molecular formula is C9H11BrN2O2S. The SMILES string of the molecule is Cc1cc(N2CCNS2(=O)=O)ccc1Br. The molecule has 1 fully saturated rings. The van der Waals surface area contributed by atoms with Gasteiger partial charge in [0.05, 0.1) is 5.69 Å². The number of benzene rings is 1. The van der Waals surface area contributed by atoms with Crippen LogP contribution in [-0.4, -0.2) is 21.5 Å². The molecule has 1 saturated heterocycles. The van der Waals surface area contributed by atoms with Gasteiger partial charge in [0.25, 0.3) is 0 Å². The van der Waals surface area contributed by atoms with Crippen molar-refractivity contribution in [2.45, 2.75) is 6.92 Å². The van der Waals surface area contributed by atoms with Gasteiger partial charge in [-0.2, -0.15) is 13.1 Å². The van der Waals surface area contributed by atoms with Crippen molar-refractivity contribution in [2.24, 2.45) is 0 Å². The standard InChI is InChI=1S/C9H11BrN2O2S/c1-7-6-8(2-3-9(7)10)12-5-4-11-15(12,13)14/h2-3,6,11H,4-5H2,1H3. The quantitative estimate of drug-likeness (QED) is 0.850. The first-order valence-corrected chi connectivity index (χ1v) is 6.77. The fraction of sp³-hybridized carbons (Fsp3) is 0.333. The number of aryl methyl sites for hydroxylation is 1. The molecule has 0 atom stereocenters. The molecule has 6 heteroatoms. The normalized spacial score (nSPS) is 19.5. The average molecular weight is 291 g/mol. The molecule has 0 bridgehead atoms. The van der Waals surface area contributed by atoms with Crippen LogP contribution < -0.4 is 9.03 Å². The Morgan fingerprint density at radius 2 is 2.20 bits per heavy atom. The molecule has 0 unspecified atom stereocenters. The molecule has 1 aromatic carbocycles. The summed E-state index contributed by atoms with van der Waals surface area (Å²) in [6.07, 6.45) is 0. The van der Waals surface area contributed by atoms with Crippen LogP contribution in [0.25, 0.3) is 0 Å². The van der Waals surface area contributed by atoms with Crippen molar-refractivity contribution in [2.75, 3.05) is 17.4 Å². The van der Waals surface area contributed by atoms with Gasteiger partial charge in [-0.05, 0) is 30.7 Å². The zero-order valence-electron chi connectivity index (χ0n) is 8.20. The summed E-state index contributed by atoms with van der Waals surface area (Å²) in [6.45, 7) is 2.89. The third-order valence-corrected chi connectivity index (χ3v) is 4.75. The summed E-state index contributed by atoms with van der Waals surface area (Å²) in [5.74, 6) is 0. The van der Waals surface area contributed by atoms with Gasteiger partial charge in [0, 0.05) is 17.6 Å². The molecule has 1 heterocycles. The molecule has 0 aliphatic carbocycles. The van der Waals surface area contributed by atoms with Crippen LogP contribution in [0.4, 0.5) is 5.69 Å². The Labute approximate surface area is 97.6 Å². The maximum absolute atomic E-state index is 11.6. The first kappa shape index (κ1) is 10.9. The highest BCUT2D eigenvalue weighted by molar-refractivity contribution is 9.10. The first-order chi connectivity index (χ1) is 7.00. The third-order valence-electron chi connectivity index (χ3n) is 2.32. The van der Waals surface area contributed by atoms with Gasteiger partial charge >= 0.3 is 10.2 Å². The van der Waals surface area contributed by atoms with Crippen molar-refractivity contribution in [1.29, 1.82) is 0 Å². The Bertz CT molecular complexity index is 487. The Morgan fingerprint density at radius 3 is 2.73 bits per heavy atom. The van der Waals surface area contributed by atoms with E-state index in [1.807, 2.05) is 19.1 Å². The van der Waals surface area contributed by atoms with Gasteiger partial charge in [-0.3, -0.25) is 4.31 Å². The molecule has 1 aliphatic rings. The molecule has 15 heavy (non-hydrogen) atoms. The highest BCUT2D eigenvalue weighted by atomic mass is 79.9. The molecule has 82 valence electrons. The van der Waals surface area contributed by atoms with E-state index in [1.165, 1.54) is 4.31 Å². The number of anilines is 1. The van der Waals surface area contributed by atoms with E-state index >= 15 is 0 Å². The lowest BCUT2D eigenvalue weighted by Gasteiger charge is -2.16. The number of hydrogen-bond acceptors (Lipinski definition) is 2. The predicted molar refractivity (Wildman–Crippen MR) is 63.1 cm³/mol. The fourth-order valence-corrected chi connectivity index (χ4v) is 3.00. The summed E-state index contributed by atoms with van der Waals surface area (Å²) in [5, 5.41) is 0. The van der Waals surface area contributed by atoms with E-state index in [4.69, 9.17) is 0 Å². The topological polar surface area (TPSA) is 49.4 Å². The van der Waals surface area contributed by atoms with E-state index in [-0.39, 0.29) is 0 Å². The van der Waals surface area contributed by atoms with E-state index in [0.29, 0.717) is 18.8 Å². The molecule has 2 rings (SSSR count). The second-order valence-corrected chi connectivity index (χ2v) is 5.94. The van der Waals surface area contributed by atoms with Crippen LogP contribution in [0.15, 0.2) is 22.7 Å². The number of nitrogens with zero attached hydrogens (tertiary/aromatic N) is 1. The second kappa shape index (κ2) is 3.77. The number of nitrogens with one attached hydrogen (secondary N) is 1. The molecular weight excluding hydrogens is 280 g/mol. The van der Waals surface area contributed by atoms with E-state index < -0.39 is 10.2 Å². The van der Waals surface area contributed by atoms with E-state index in [1.54, 1.807) is 6.07 Å². The van der Waals surface area contributed by atoms with E-state index in [2.05, 4.69) is 20.7 Å². The summed E-state index contributed by atoms with van der Waals surface area (Å²) in [5.41, 5.74) is 1.73. The molecule has 1 N–H and O–H groups in total. The number of rotatable bonds is 1. The third kappa shape index (κ3) is 2.02. The molecule has 4 nitrogen and oxygen atoms in total. The van der Waals surface area contributed by atoms with Crippen LogP contribution in [0.5, 0.6) is 0 Å². The minimum absolute atomic E-state index is 0.470. The van der Waals surface area contributed by atoms with Gasteiger partial charge in [0.15, 0.2) is 0 Å². The van der Waals surface area contributed by atoms with Crippen LogP contribution in [0.2, 0.25) is 0 Å². The van der Waals surface area contributed by atoms with Crippen LogP contribution in [-0.2, 0) is 10.2 Å². The van der Waals surface area contributed by atoms with Crippen LogP contribution >= 0.6 is 15.9 Å². The first-order valence-electron chi connectivity index (χ1n) is 4.54. The van der Waals surface area contributed by atoms with Crippen molar-refractivity contribution in [3.8, 4) is 0 Å². The lowest BCUT2D eigenvalue weighted by Crippen LogP contribution is -2.29. The average Bonchev–Trinajstić information content (AvgIpc) is 2.50. The lowest BCUT2D eigenvalue weighted by atomic mass is 10.2. The van der Waals surface area contributed by atoms with Crippen molar-refractivity contribution in [3.63, 3.8) is 0 Å².